The number of likely N-dealkylation sites (N-methyl/N-ethyl adjacent to an activating group) is 2. The molecule has 2 aromatic carbocycles. The summed E-state index contributed by atoms with van der Waals surface area (Å²) in [5, 5.41) is 7.45. The number of para-hydroxylation sites is 1. The summed E-state index contributed by atoms with van der Waals surface area (Å²) < 4.78 is 8.07. The van der Waals surface area contributed by atoms with E-state index in [1.165, 1.54) is 22.5 Å². The fourth-order valence-electron chi connectivity index (χ4n) is 5.06. The Kier molecular flexibility index (Phi) is 8.74. The van der Waals surface area contributed by atoms with Gasteiger partial charge >= 0.3 is 0 Å². The van der Waals surface area contributed by atoms with E-state index in [4.69, 9.17) is 9.72 Å². The van der Waals surface area contributed by atoms with E-state index in [0.717, 1.165) is 49.4 Å². The van der Waals surface area contributed by atoms with E-state index < -0.39 is 0 Å². The predicted octanol–water partition coefficient (Wildman–Crippen LogP) is 5.37. The second-order valence-electron chi connectivity index (χ2n) is 10.0. The summed E-state index contributed by atoms with van der Waals surface area (Å²) in [6.45, 7) is 6.22. The number of hydrogen-bond acceptors (Lipinski definition) is 7. The Labute approximate surface area is 236 Å². The van der Waals surface area contributed by atoms with Crippen molar-refractivity contribution in [1.29, 1.82) is 0 Å². The standard InChI is InChI=1S/C30H35N7O2.CH3/c1-6-28(38)32-24-17-25(27(39-5)18-26(24)36(4)16-15-35(2)3)34-30-31-13-12-23(33-30)22-19-37-14-8-10-20-9-7-11-21(22)29(20)37;/h6-7,9,11-13,17-19H,1,8,10,14-16H2,2-5H3,(H,32,38)(H,31,33,34);1H3. The van der Waals surface area contributed by atoms with E-state index in [1.807, 2.05) is 39.3 Å². The molecule has 0 aliphatic carbocycles. The quantitative estimate of drug-likeness (QED) is 0.262. The van der Waals surface area contributed by atoms with Gasteiger partial charge in [-0.3, -0.25) is 4.79 Å². The average Bonchev–Trinajstić information content (AvgIpc) is 3.32. The van der Waals surface area contributed by atoms with Gasteiger partial charge in [0.25, 0.3) is 0 Å². The molecular weight excluding hydrogens is 502 g/mol. The van der Waals surface area contributed by atoms with Gasteiger partial charge in [0.1, 0.15) is 5.75 Å². The van der Waals surface area contributed by atoms with Crippen LogP contribution in [0.4, 0.5) is 23.0 Å². The van der Waals surface area contributed by atoms with Gasteiger partial charge in [0.2, 0.25) is 11.9 Å². The lowest BCUT2D eigenvalue weighted by atomic mass is 10.0. The van der Waals surface area contributed by atoms with Crippen molar-refractivity contribution in [1.82, 2.24) is 19.4 Å². The largest absolute Gasteiger partial charge is 0.494 e. The lowest BCUT2D eigenvalue weighted by Gasteiger charge is -2.26. The molecule has 3 heterocycles. The van der Waals surface area contributed by atoms with Crippen LogP contribution in [0.3, 0.4) is 0 Å². The fraction of sp³-hybridized carbons (Fsp3) is 0.290. The summed E-state index contributed by atoms with van der Waals surface area (Å²) in [7, 11) is 7.66. The van der Waals surface area contributed by atoms with Gasteiger partial charge in [-0.25, -0.2) is 9.97 Å². The molecule has 0 spiro atoms. The van der Waals surface area contributed by atoms with Crippen molar-refractivity contribution in [2.45, 2.75) is 19.4 Å². The maximum atomic E-state index is 12.3. The number of carbonyl (C=O) groups excluding carboxylic acids is 1. The van der Waals surface area contributed by atoms with E-state index in [0.29, 0.717) is 23.1 Å². The second-order valence-corrected chi connectivity index (χ2v) is 10.0. The Balaban J connectivity index is 0.00000370. The molecule has 5 rings (SSSR count). The van der Waals surface area contributed by atoms with Gasteiger partial charge in [0, 0.05) is 56.1 Å². The number of methoxy groups -OCH3 is 1. The lowest BCUT2D eigenvalue weighted by Crippen LogP contribution is -2.29. The predicted molar refractivity (Wildman–Crippen MR) is 165 cm³/mol. The van der Waals surface area contributed by atoms with Crippen molar-refractivity contribution >= 4 is 39.8 Å². The zero-order valence-corrected chi connectivity index (χ0v) is 24.0. The Morgan fingerprint density at radius 3 is 2.75 bits per heavy atom. The molecule has 209 valence electrons. The van der Waals surface area contributed by atoms with Gasteiger partial charge < -0.3 is 29.7 Å². The van der Waals surface area contributed by atoms with Crippen LogP contribution in [0.5, 0.6) is 5.75 Å². The smallest absolute Gasteiger partial charge is 0.247 e. The lowest BCUT2D eigenvalue weighted by molar-refractivity contribution is -0.111. The number of nitrogens with zero attached hydrogens (tertiary/aromatic N) is 5. The molecule has 2 aromatic heterocycles. The number of carbonyl (C=O) groups is 1. The minimum atomic E-state index is -0.292. The van der Waals surface area contributed by atoms with Crippen LogP contribution in [0, 0.1) is 7.43 Å². The van der Waals surface area contributed by atoms with Gasteiger partial charge in [-0.2, -0.15) is 0 Å². The van der Waals surface area contributed by atoms with Crippen molar-refractivity contribution in [3.05, 3.63) is 74.4 Å². The van der Waals surface area contributed by atoms with E-state index >= 15 is 0 Å². The van der Waals surface area contributed by atoms with Crippen molar-refractivity contribution in [2.24, 2.45) is 0 Å². The molecule has 1 radical (unpaired) electrons. The molecule has 0 bridgehead atoms. The topological polar surface area (TPSA) is 87.5 Å². The number of rotatable bonds is 10. The number of hydrogen-bond donors (Lipinski definition) is 2. The van der Waals surface area contributed by atoms with Crippen molar-refractivity contribution in [3.63, 3.8) is 0 Å². The van der Waals surface area contributed by atoms with E-state index in [1.54, 1.807) is 13.3 Å². The van der Waals surface area contributed by atoms with Crippen LogP contribution in [0.1, 0.15) is 12.0 Å². The SMILES string of the molecule is C=CC(=O)Nc1cc(Nc2nccc(-c3cn4c5c(cccc35)CCC4)n2)c(OC)cc1N(C)CCN(C)C.[CH3]. The third kappa shape index (κ3) is 5.79. The minimum Gasteiger partial charge on any atom is -0.494 e. The summed E-state index contributed by atoms with van der Waals surface area (Å²) in [6.07, 6.45) is 7.45. The second kappa shape index (κ2) is 12.2. The molecule has 1 aliphatic rings. The fourth-order valence-corrected chi connectivity index (χ4v) is 5.06. The van der Waals surface area contributed by atoms with Crippen LogP contribution in [0.15, 0.2) is 61.4 Å². The maximum absolute atomic E-state index is 12.3. The summed E-state index contributed by atoms with van der Waals surface area (Å²) in [5.74, 6) is 0.756. The van der Waals surface area contributed by atoms with Gasteiger partial charge in [-0.15, -0.1) is 0 Å². The van der Waals surface area contributed by atoms with Crippen LogP contribution < -0.4 is 20.3 Å². The summed E-state index contributed by atoms with van der Waals surface area (Å²) in [6, 6.07) is 12.2. The molecular formula is C31H38N7O2. The van der Waals surface area contributed by atoms with Gasteiger partial charge in [0.05, 0.1) is 35.4 Å². The number of ether oxygens (including phenoxy) is 1. The Bertz CT molecular complexity index is 1530. The van der Waals surface area contributed by atoms with Crippen LogP contribution in [0.2, 0.25) is 0 Å². The molecule has 2 N–H and O–H groups in total. The highest BCUT2D eigenvalue weighted by atomic mass is 16.5. The normalized spacial score (nSPS) is 12.1. The number of aryl methyl sites for hydroxylation is 2. The summed E-state index contributed by atoms with van der Waals surface area (Å²) in [4.78, 5) is 25.8. The minimum absolute atomic E-state index is 0. The Morgan fingerprint density at radius 2 is 2.00 bits per heavy atom. The molecule has 1 amide bonds. The van der Waals surface area contributed by atoms with Crippen LogP contribution in [0.25, 0.3) is 22.2 Å². The molecule has 4 aromatic rings. The molecule has 9 heteroatoms. The van der Waals surface area contributed by atoms with E-state index in [-0.39, 0.29) is 13.3 Å². The van der Waals surface area contributed by atoms with Crippen molar-refractivity contribution < 1.29 is 9.53 Å². The van der Waals surface area contributed by atoms with Crippen molar-refractivity contribution in [3.8, 4) is 17.0 Å². The summed E-state index contributed by atoms with van der Waals surface area (Å²) >= 11 is 0. The maximum Gasteiger partial charge on any atom is 0.247 e. The third-order valence-corrected chi connectivity index (χ3v) is 7.06. The zero-order chi connectivity index (χ0) is 27.5. The zero-order valence-electron chi connectivity index (χ0n) is 24.0. The van der Waals surface area contributed by atoms with E-state index in [2.05, 4.69) is 61.0 Å². The van der Waals surface area contributed by atoms with Gasteiger partial charge in [0.15, 0.2) is 0 Å². The van der Waals surface area contributed by atoms with Gasteiger partial charge in [-0.05, 0) is 50.7 Å². The highest BCUT2D eigenvalue weighted by Gasteiger charge is 2.19. The highest BCUT2D eigenvalue weighted by molar-refractivity contribution is 6.02. The molecule has 0 atom stereocenters. The molecule has 0 unspecified atom stereocenters. The number of aromatic nitrogens is 3. The van der Waals surface area contributed by atoms with E-state index in [9.17, 15) is 4.79 Å². The summed E-state index contributed by atoms with van der Waals surface area (Å²) in [5.41, 5.74) is 6.71. The Hall–Kier alpha value is -4.37. The van der Waals surface area contributed by atoms with Crippen molar-refractivity contribution in [2.75, 3.05) is 56.9 Å². The van der Waals surface area contributed by atoms with Crippen LogP contribution >= 0.6 is 0 Å². The Morgan fingerprint density at radius 1 is 1.18 bits per heavy atom. The number of amides is 1. The van der Waals surface area contributed by atoms with Gasteiger partial charge in [-0.1, -0.05) is 32.2 Å². The molecule has 0 saturated carbocycles. The molecule has 0 saturated heterocycles. The molecule has 0 fully saturated rings. The number of nitrogens with one attached hydrogen (secondary N) is 2. The third-order valence-electron chi connectivity index (χ3n) is 7.06. The first kappa shape index (κ1) is 28.6. The first-order valence-electron chi connectivity index (χ1n) is 13.1. The highest BCUT2D eigenvalue weighted by Crippen LogP contribution is 2.39. The first-order chi connectivity index (χ1) is 18.9. The number of anilines is 4. The van der Waals surface area contributed by atoms with Crippen LogP contribution in [-0.2, 0) is 17.8 Å². The van der Waals surface area contributed by atoms with Crippen LogP contribution in [-0.4, -0.2) is 66.7 Å². The molecule has 40 heavy (non-hydrogen) atoms. The molecule has 9 nitrogen and oxygen atoms in total. The average molecular weight is 541 g/mol. The monoisotopic (exact) mass is 540 g/mol. The number of benzene rings is 2. The molecule has 1 aliphatic heterocycles. The first-order valence-corrected chi connectivity index (χ1v) is 13.1.